The summed E-state index contributed by atoms with van der Waals surface area (Å²) in [6.07, 6.45) is 5.80. The van der Waals surface area contributed by atoms with Crippen LogP contribution in [0.1, 0.15) is 73.1 Å². The van der Waals surface area contributed by atoms with Crippen molar-refractivity contribution in [2.45, 2.75) is 73.1 Å². The SMILES string of the molecule is CC/C(C(=O)OCC(C)C)=C(/C(=O)OCC(C)C)C1CCCCC1. The van der Waals surface area contributed by atoms with Crippen LogP contribution in [0.2, 0.25) is 0 Å². The molecule has 0 aromatic rings. The van der Waals surface area contributed by atoms with Crippen molar-refractivity contribution in [1.82, 2.24) is 0 Å². The largest absolute Gasteiger partial charge is 0.462 e. The van der Waals surface area contributed by atoms with Gasteiger partial charge in [-0.1, -0.05) is 53.9 Å². The van der Waals surface area contributed by atoms with Crippen LogP contribution in [-0.4, -0.2) is 25.2 Å². The summed E-state index contributed by atoms with van der Waals surface area (Å²) in [6, 6.07) is 0. The maximum atomic E-state index is 12.7. The highest BCUT2D eigenvalue weighted by Crippen LogP contribution is 2.33. The summed E-state index contributed by atoms with van der Waals surface area (Å²) in [5.74, 6) is -0.000200. The third kappa shape index (κ3) is 6.66. The van der Waals surface area contributed by atoms with Gasteiger partial charge in [0.2, 0.25) is 0 Å². The summed E-state index contributed by atoms with van der Waals surface area (Å²) in [5, 5.41) is 0. The van der Waals surface area contributed by atoms with E-state index in [-0.39, 0.29) is 29.7 Å². The van der Waals surface area contributed by atoms with Gasteiger partial charge in [-0.05, 0) is 37.0 Å². The molecule has 0 atom stereocenters. The fraction of sp³-hybridized carbons (Fsp3) is 0.800. The molecule has 24 heavy (non-hydrogen) atoms. The zero-order chi connectivity index (χ0) is 18.1. The monoisotopic (exact) mass is 338 g/mol. The van der Waals surface area contributed by atoms with E-state index in [2.05, 4.69) is 0 Å². The molecular weight excluding hydrogens is 304 g/mol. The number of rotatable bonds is 8. The molecule has 1 aliphatic rings. The molecule has 1 aliphatic carbocycles. The highest BCUT2D eigenvalue weighted by Gasteiger charge is 2.30. The van der Waals surface area contributed by atoms with Crippen molar-refractivity contribution in [2.24, 2.45) is 17.8 Å². The fourth-order valence-electron chi connectivity index (χ4n) is 3.02. The van der Waals surface area contributed by atoms with Gasteiger partial charge in [0, 0.05) is 5.57 Å². The smallest absolute Gasteiger partial charge is 0.334 e. The number of carbonyl (C=O) groups excluding carboxylic acids is 2. The van der Waals surface area contributed by atoms with E-state index in [1.807, 2.05) is 34.6 Å². The van der Waals surface area contributed by atoms with Gasteiger partial charge in [-0.2, -0.15) is 0 Å². The molecule has 0 bridgehead atoms. The Labute approximate surface area is 147 Å². The summed E-state index contributed by atoms with van der Waals surface area (Å²) in [4.78, 5) is 25.2. The lowest BCUT2D eigenvalue weighted by Gasteiger charge is -2.25. The summed E-state index contributed by atoms with van der Waals surface area (Å²) in [5.41, 5.74) is 1.09. The van der Waals surface area contributed by atoms with Crippen molar-refractivity contribution in [3.63, 3.8) is 0 Å². The molecule has 0 saturated heterocycles. The second-order valence-corrected chi connectivity index (χ2v) is 7.57. The number of esters is 2. The Bertz CT molecular complexity index is 443. The van der Waals surface area contributed by atoms with E-state index >= 15 is 0 Å². The maximum absolute atomic E-state index is 12.7. The molecule has 4 heteroatoms. The van der Waals surface area contributed by atoms with E-state index < -0.39 is 0 Å². The van der Waals surface area contributed by atoms with E-state index in [1.54, 1.807) is 0 Å². The first kappa shape index (κ1) is 20.7. The second-order valence-electron chi connectivity index (χ2n) is 7.57. The molecule has 0 amide bonds. The van der Waals surface area contributed by atoms with Crippen LogP contribution in [0.4, 0.5) is 0 Å². The van der Waals surface area contributed by atoms with Crippen molar-refractivity contribution in [3.05, 3.63) is 11.1 Å². The second kappa shape index (κ2) is 10.5. The lowest BCUT2D eigenvalue weighted by molar-refractivity contribution is -0.144. The Balaban J connectivity index is 3.04. The topological polar surface area (TPSA) is 52.6 Å². The number of hydrogen-bond acceptors (Lipinski definition) is 4. The van der Waals surface area contributed by atoms with Gasteiger partial charge in [-0.3, -0.25) is 0 Å². The van der Waals surface area contributed by atoms with Gasteiger partial charge >= 0.3 is 11.9 Å². The predicted octanol–water partition coefficient (Wildman–Crippen LogP) is 4.67. The zero-order valence-corrected chi connectivity index (χ0v) is 16.0. The van der Waals surface area contributed by atoms with E-state index in [1.165, 1.54) is 6.42 Å². The molecule has 1 rings (SSSR count). The normalized spacial score (nSPS) is 17.0. The first-order chi connectivity index (χ1) is 11.4. The molecule has 138 valence electrons. The Morgan fingerprint density at radius 1 is 0.875 bits per heavy atom. The number of carbonyl (C=O) groups is 2. The van der Waals surface area contributed by atoms with Gasteiger partial charge in [0.15, 0.2) is 0 Å². The molecule has 0 aromatic carbocycles. The average molecular weight is 338 g/mol. The van der Waals surface area contributed by atoms with Crippen LogP contribution >= 0.6 is 0 Å². The molecule has 0 heterocycles. The van der Waals surface area contributed by atoms with Crippen molar-refractivity contribution in [3.8, 4) is 0 Å². The quantitative estimate of drug-likeness (QED) is 0.476. The van der Waals surface area contributed by atoms with Gasteiger partial charge in [-0.25, -0.2) is 9.59 Å². The van der Waals surface area contributed by atoms with Gasteiger partial charge in [-0.15, -0.1) is 0 Å². The lowest BCUT2D eigenvalue weighted by atomic mass is 9.81. The Morgan fingerprint density at radius 2 is 1.38 bits per heavy atom. The van der Waals surface area contributed by atoms with Gasteiger partial charge in [0.1, 0.15) is 0 Å². The number of ether oxygens (including phenoxy) is 2. The van der Waals surface area contributed by atoms with Crippen molar-refractivity contribution in [2.75, 3.05) is 13.2 Å². The van der Waals surface area contributed by atoms with Crippen LogP contribution in [0, 0.1) is 17.8 Å². The highest BCUT2D eigenvalue weighted by atomic mass is 16.5. The maximum Gasteiger partial charge on any atom is 0.334 e. The van der Waals surface area contributed by atoms with Crippen molar-refractivity contribution in [1.29, 1.82) is 0 Å². The van der Waals surface area contributed by atoms with Crippen LogP contribution in [-0.2, 0) is 19.1 Å². The van der Waals surface area contributed by atoms with Crippen LogP contribution in [0.5, 0.6) is 0 Å². The Kier molecular flexibility index (Phi) is 9.09. The molecule has 0 spiro atoms. The third-order valence-electron chi connectivity index (χ3n) is 4.25. The molecule has 0 N–H and O–H groups in total. The van der Waals surface area contributed by atoms with E-state index in [0.29, 0.717) is 30.8 Å². The first-order valence-corrected chi connectivity index (χ1v) is 9.44. The Hall–Kier alpha value is -1.32. The van der Waals surface area contributed by atoms with Crippen molar-refractivity contribution < 1.29 is 19.1 Å². The summed E-state index contributed by atoms with van der Waals surface area (Å²) in [6.45, 7) is 10.7. The number of hydrogen-bond donors (Lipinski definition) is 0. The van der Waals surface area contributed by atoms with E-state index in [9.17, 15) is 9.59 Å². The minimum absolute atomic E-state index is 0.125. The van der Waals surface area contributed by atoms with Crippen LogP contribution in [0.15, 0.2) is 11.1 Å². The van der Waals surface area contributed by atoms with E-state index in [0.717, 1.165) is 25.7 Å². The van der Waals surface area contributed by atoms with Gasteiger partial charge in [0.25, 0.3) is 0 Å². The van der Waals surface area contributed by atoms with Crippen LogP contribution in [0.3, 0.4) is 0 Å². The first-order valence-electron chi connectivity index (χ1n) is 9.44. The van der Waals surface area contributed by atoms with E-state index in [4.69, 9.17) is 9.47 Å². The zero-order valence-electron chi connectivity index (χ0n) is 16.0. The lowest BCUT2D eigenvalue weighted by Crippen LogP contribution is -2.25. The Morgan fingerprint density at radius 3 is 1.83 bits per heavy atom. The van der Waals surface area contributed by atoms with Gasteiger partial charge < -0.3 is 9.47 Å². The molecular formula is C20H34O4. The van der Waals surface area contributed by atoms with Crippen LogP contribution < -0.4 is 0 Å². The minimum Gasteiger partial charge on any atom is -0.462 e. The third-order valence-corrected chi connectivity index (χ3v) is 4.25. The summed E-state index contributed by atoms with van der Waals surface area (Å²) < 4.78 is 10.9. The summed E-state index contributed by atoms with van der Waals surface area (Å²) in [7, 11) is 0. The molecule has 0 aliphatic heterocycles. The predicted molar refractivity (Wildman–Crippen MR) is 95.5 cm³/mol. The minimum atomic E-state index is -0.353. The molecule has 1 saturated carbocycles. The highest BCUT2D eigenvalue weighted by molar-refractivity contribution is 6.00. The van der Waals surface area contributed by atoms with Crippen molar-refractivity contribution >= 4 is 11.9 Å². The molecule has 0 radical (unpaired) electrons. The fourth-order valence-corrected chi connectivity index (χ4v) is 3.02. The van der Waals surface area contributed by atoms with Crippen LogP contribution in [0.25, 0.3) is 0 Å². The average Bonchev–Trinajstić information content (AvgIpc) is 2.55. The molecule has 1 fully saturated rings. The van der Waals surface area contributed by atoms with Gasteiger partial charge in [0.05, 0.1) is 18.8 Å². The standard InChI is InChI=1S/C20H34O4/c1-6-17(19(21)23-12-14(2)3)18(16-10-8-7-9-11-16)20(22)24-13-15(4)5/h14-16H,6-13H2,1-5H3/b18-17-. The molecule has 0 unspecified atom stereocenters. The molecule has 4 nitrogen and oxygen atoms in total. The summed E-state index contributed by atoms with van der Waals surface area (Å²) >= 11 is 0. The molecule has 0 aromatic heterocycles.